The molecule has 0 spiro atoms. The highest BCUT2D eigenvalue weighted by molar-refractivity contribution is 7.84. The van der Waals surface area contributed by atoms with Crippen LogP contribution in [0.2, 0.25) is 0 Å². The van der Waals surface area contributed by atoms with Gasteiger partial charge in [0, 0.05) is 5.69 Å². The molecule has 0 fully saturated rings. The van der Waals surface area contributed by atoms with Gasteiger partial charge >= 0.3 is 0 Å². The molecule has 28 heavy (non-hydrogen) atoms. The van der Waals surface area contributed by atoms with Gasteiger partial charge in [-0.15, -0.1) is 12.6 Å². The highest BCUT2D eigenvalue weighted by Gasteiger charge is 2.34. The van der Waals surface area contributed by atoms with E-state index in [-0.39, 0.29) is 10.6 Å². The zero-order chi connectivity index (χ0) is 20.3. The second-order valence-corrected chi connectivity index (χ2v) is 6.30. The van der Waals surface area contributed by atoms with Gasteiger partial charge in [0.05, 0.1) is 18.7 Å². The third-order valence-corrected chi connectivity index (χ3v) is 4.66. The maximum atomic E-state index is 13.4. The van der Waals surface area contributed by atoms with Gasteiger partial charge in [-0.1, -0.05) is 6.07 Å². The van der Waals surface area contributed by atoms with Crippen LogP contribution in [0.5, 0.6) is 11.5 Å². The van der Waals surface area contributed by atoms with Crippen LogP contribution in [0.4, 0.5) is 10.1 Å². The molecule has 1 heterocycles. The van der Waals surface area contributed by atoms with Gasteiger partial charge in [0.15, 0.2) is 11.5 Å². The molecule has 3 rings (SSSR count). The summed E-state index contributed by atoms with van der Waals surface area (Å²) < 4.78 is 24.3. The van der Waals surface area contributed by atoms with E-state index in [0.717, 1.165) is 0 Å². The minimum atomic E-state index is -0.674. The SMILES string of the molecule is CCOc1ccc(C2NC(=O)C(C#N)=C(S)N2c2ccc(F)cc2)cc1OC. The third-order valence-electron chi connectivity index (χ3n) is 4.22. The Kier molecular flexibility index (Phi) is 5.76. The molecular formula is C20H18FN3O3S. The van der Waals surface area contributed by atoms with E-state index < -0.39 is 17.9 Å². The molecule has 2 aromatic rings. The molecule has 0 radical (unpaired) electrons. The van der Waals surface area contributed by atoms with Crippen LogP contribution in [0.25, 0.3) is 0 Å². The Morgan fingerprint density at radius 2 is 1.96 bits per heavy atom. The maximum Gasteiger partial charge on any atom is 0.266 e. The number of ether oxygens (including phenoxy) is 2. The molecule has 144 valence electrons. The predicted octanol–water partition coefficient (Wildman–Crippen LogP) is 3.53. The summed E-state index contributed by atoms with van der Waals surface area (Å²) in [4.78, 5) is 14.0. The number of carbonyl (C=O) groups excluding carboxylic acids is 1. The van der Waals surface area contributed by atoms with Gasteiger partial charge in [0.1, 0.15) is 23.6 Å². The second kappa shape index (κ2) is 8.23. The number of nitrogens with zero attached hydrogens (tertiary/aromatic N) is 2. The number of rotatable bonds is 5. The van der Waals surface area contributed by atoms with Gasteiger partial charge < -0.3 is 19.7 Å². The van der Waals surface area contributed by atoms with Crippen molar-refractivity contribution < 1.29 is 18.7 Å². The number of anilines is 1. The topological polar surface area (TPSA) is 74.6 Å². The number of halogens is 1. The predicted molar refractivity (Wildman–Crippen MR) is 106 cm³/mol. The first kappa shape index (κ1) is 19.6. The van der Waals surface area contributed by atoms with E-state index in [0.29, 0.717) is 29.4 Å². The van der Waals surface area contributed by atoms with E-state index >= 15 is 0 Å². The van der Waals surface area contributed by atoms with Gasteiger partial charge in [-0.3, -0.25) is 4.79 Å². The van der Waals surface area contributed by atoms with Crippen LogP contribution in [0, 0.1) is 17.1 Å². The van der Waals surface area contributed by atoms with Gasteiger partial charge in [0.25, 0.3) is 5.91 Å². The van der Waals surface area contributed by atoms with Crippen LogP contribution in [-0.4, -0.2) is 19.6 Å². The van der Waals surface area contributed by atoms with E-state index in [9.17, 15) is 14.4 Å². The molecule has 0 saturated carbocycles. The fourth-order valence-electron chi connectivity index (χ4n) is 2.94. The Balaban J connectivity index is 2.12. The highest BCUT2D eigenvalue weighted by atomic mass is 32.1. The largest absolute Gasteiger partial charge is 0.493 e. The minimum absolute atomic E-state index is 0.123. The molecule has 0 bridgehead atoms. The second-order valence-electron chi connectivity index (χ2n) is 5.88. The number of hydrogen-bond acceptors (Lipinski definition) is 6. The van der Waals surface area contributed by atoms with E-state index in [1.165, 1.54) is 19.2 Å². The summed E-state index contributed by atoms with van der Waals surface area (Å²) in [6.45, 7) is 2.35. The van der Waals surface area contributed by atoms with Crippen molar-refractivity contribution in [2.75, 3.05) is 18.6 Å². The van der Waals surface area contributed by atoms with E-state index in [1.807, 2.05) is 13.0 Å². The zero-order valence-corrected chi connectivity index (χ0v) is 16.2. The van der Waals surface area contributed by atoms with Crippen molar-refractivity contribution in [2.45, 2.75) is 13.1 Å². The standard InChI is InChI=1S/C20H18FN3O3S/c1-3-27-16-9-4-12(10-17(16)26-2)18-23-19(25)15(11-22)20(28)24(18)14-7-5-13(21)6-8-14/h4-10,18,28H,3H2,1-2H3,(H,23,25). The molecular weight excluding hydrogens is 381 g/mol. The Morgan fingerprint density at radius 3 is 2.57 bits per heavy atom. The number of nitrogens with one attached hydrogen (secondary N) is 1. The van der Waals surface area contributed by atoms with Crippen LogP contribution in [0.15, 0.2) is 53.1 Å². The van der Waals surface area contributed by atoms with Crippen molar-refractivity contribution >= 4 is 24.2 Å². The van der Waals surface area contributed by atoms with Crippen LogP contribution in [0.1, 0.15) is 18.7 Å². The number of hydrogen-bond donors (Lipinski definition) is 2. The van der Waals surface area contributed by atoms with E-state index in [2.05, 4.69) is 17.9 Å². The average molecular weight is 399 g/mol. The smallest absolute Gasteiger partial charge is 0.266 e. The van der Waals surface area contributed by atoms with Crippen molar-refractivity contribution in [2.24, 2.45) is 0 Å². The summed E-state index contributed by atoms with van der Waals surface area (Å²) in [6, 6.07) is 12.8. The Hall–Kier alpha value is -3.18. The number of nitriles is 1. The molecule has 0 saturated heterocycles. The summed E-state index contributed by atoms with van der Waals surface area (Å²) in [5.41, 5.74) is 1.13. The Labute approximate surface area is 167 Å². The lowest BCUT2D eigenvalue weighted by Gasteiger charge is -2.38. The molecule has 1 amide bonds. The van der Waals surface area contributed by atoms with Gasteiger partial charge in [-0.05, 0) is 48.9 Å². The lowest BCUT2D eigenvalue weighted by atomic mass is 10.1. The Bertz CT molecular complexity index is 970. The monoisotopic (exact) mass is 399 g/mol. The maximum absolute atomic E-state index is 13.4. The number of carbonyl (C=O) groups is 1. The lowest BCUT2D eigenvalue weighted by molar-refractivity contribution is -0.118. The van der Waals surface area contributed by atoms with Crippen molar-refractivity contribution in [3.8, 4) is 17.6 Å². The number of methoxy groups -OCH3 is 1. The first-order chi connectivity index (χ1) is 13.5. The van der Waals surface area contributed by atoms with Crippen LogP contribution >= 0.6 is 12.6 Å². The summed E-state index contributed by atoms with van der Waals surface area (Å²) in [7, 11) is 1.52. The molecule has 1 aliphatic heterocycles. The molecule has 0 aromatic heterocycles. The quantitative estimate of drug-likeness (QED) is 0.753. The lowest BCUT2D eigenvalue weighted by Crippen LogP contribution is -2.46. The van der Waals surface area contributed by atoms with Crippen molar-refractivity contribution in [1.82, 2.24) is 5.32 Å². The van der Waals surface area contributed by atoms with Crippen molar-refractivity contribution in [1.29, 1.82) is 5.26 Å². The number of amides is 1. The molecule has 1 aliphatic rings. The molecule has 1 atom stereocenters. The normalized spacial score (nSPS) is 16.5. The fraction of sp³-hybridized carbons (Fsp3) is 0.200. The first-order valence-electron chi connectivity index (χ1n) is 8.49. The highest BCUT2D eigenvalue weighted by Crippen LogP contribution is 2.38. The molecule has 8 heteroatoms. The molecule has 0 aliphatic carbocycles. The first-order valence-corrected chi connectivity index (χ1v) is 8.94. The molecule has 1 N–H and O–H groups in total. The van der Waals surface area contributed by atoms with Crippen LogP contribution < -0.4 is 19.7 Å². The third kappa shape index (κ3) is 3.62. The average Bonchev–Trinajstić information content (AvgIpc) is 2.69. The van der Waals surface area contributed by atoms with E-state index in [1.54, 1.807) is 35.2 Å². The van der Waals surface area contributed by atoms with Gasteiger partial charge in [-0.25, -0.2) is 4.39 Å². The minimum Gasteiger partial charge on any atom is -0.493 e. The summed E-state index contributed by atoms with van der Waals surface area (Å²) >= 11 is 4.41. The molecule has 6 nitrogen and oxygen atoms in total. The molecule has 1 unspecified atom stereocenters. The summed E-state index contributed by atoms with van der Waals surface area (Å²) in [5.74, 6) is 0.144. The fourth-order valence-corrected chi connectivity index (χ4v) is 3.32. The van der Waals surface area contributed by atoms with Crippen molar-refractivity contribution in [3.63, 3.8) is 0 Å². The Morgan fingerprint density at radius 1 is 1.25 bits per heavy atom. The van der Waals surface area contributed by atoms with Crippen molar-refractivity contribution in [3.05, 3.63) is 64.4 Å². The van der Waals surface area contributed by atoms with Crippen LogP contribution in [-0.2, 0) is 4.79 Å². The van der Waals surface area contributed by atoms with Crippen LogP contribution in [0.3, 0.4) is 0 Å². The summed E-state index contributed by atoms with van der Waals surface area (Å²) in [5, 5.41) is 12.3. The number of benzene rings is 2. The van der Waals surface area contributed by atoms with E-state index in [4.69, 9.17) is 9.47 Å². The molecule has 2 aromatic carbocycles. The van der Waals surface area contributed by atoms with Gasteiger partial charge in [-0.2, -0.15) is 5.26 Å². The zero-order valence-electron chi connectivity index (χ0n) is 15.3. The van der Waals surface area contributed by atoms with Gasteiger partial charge in [0.2, 0.25) is 0 Å². The number of thiol groups is 1. The summed E-state index contributed by atoms with van der Waals surface area (Å²) in [6.07, 6.45) is -0.674.